The van der Waals surface area contributed by atoms with Gasteiger partial charge in [-0.2, -0.15) is 0 Å². The highest BCUT2D eigenvalue weighted by Crippen LogP contribution is 2.21. The van der Waals surface area contributed by atoms with E-state index in [0.29, 0.717) is 22.1 Å². The number of amides is 2. The van der Waals surface area contributed by atoms with E-state index in [9.17, 15) is 9.59 Å². The third-order valence-electron chi connectivity index (χ3n) is 2.13. The van der Waals surface area contributed by atoms with Gasteiger partial charge >= 0.3 is 0 Å². The third kappa shape index (κ3) is 1.43. The summed E-state index contributed by atoms with van der Waals surface area (Å²) in [6.45, 7) is 0. The van der Waals surface area contributed by atoms with E-state index in [1.54, 1.807) is 6.07 Å². The van der Waals surface area contributed by atoms with Crippen LogP contribution in [-0.2, 0) is 0 Å². The van der Waals surface area contributed by atoms with E-state index in [2.05, 4.69) is 0 Å². The normalized spacial score (nSPS) is 10.4. The van der Waals surface area contributed by atoms with Gasteiger partial charge in [0.15, 0.2) is 0 Å². The molecule has 2 aromatic rings. The van der Waals surface area contributed by atoms with E-state index in [-0.39, 0.29) is 0 Å². The molecule has 0 spiro atoms. The molecule has 5 heteroatoms. The number of hydrogen-bond acceptors (Lipinski definition) is 3. The van der Waals surface area contributed by atoms with Crippen molar-refractivity contribution in [3.05, 3.63) is 35.6 Å². The molecule has 0 aliphatic heterocycles. The van der Waals surface area contributed by atoms with Crippen LogP contribution < -0.4 is 11.5 Å². The predicted octanol–water partition coefficient (Wildman–Crippen LogP) is 0.631. The monoisotopic (exact) mass is 204 g/mol. The Morgan fingerprint density at radius 1 is 1.13 bits per heavy atom. The molecule has 4 N–H and O–H groups in total. The van der Waals surface area contributed by atoms with Gasteiger partial charge in [0.05, 0.1) is 5.56 Å². The van der Waals surface area contributed by atoms with E-state index < -0.39 is 11.8 Å². The highest BCUT2D eigenvalue weighted by atomic mass is 16.3. The first-order valence-electron chi connectivity index (χ1n) is 4.20. The molecule has 76 valence electrons. The fourth-order valence-corrected chi connectivity index (χ4v) is 1.37. The van der Waals surface area contributed by atoms with Gasteiger partial charge in [0.1, 0.15) is 11.8 Å². The van der Waals surface area contributed by atoms with E-state index in [0.717, 1.165) is 0 Å². The second-order valence-corrected chi connectivity index (χ2v) is 3.09. The van der Waals surface area contributed by atoms with Crippen molar-refractivity contribution in [3.8, 4) is 0 Å². The molecule has 0 fully saturated rings. The molecule has 0 aliphatic carbocycles. The van der Waals surface area contributed by atoms with Crippen molar-refractivity contribution in [2.45, 2.75) is 0 Å². The van der Waals surface area contributed by atoms with Crippen LogP contribution >= 0.6 is 0 Å². The van der Waals surface area contributed by atoms with Crippen molar-refractivity contribution in [1.29, 1.82) is 0 Å². The Morgan fingerprint density at radius 2 is 1.87 bits per heavy atom. The molecule has 1 heterocycles. The average molecular weight is 204 g/mol. The standard InChI is InChI=1S/C10H8N2O3/c11-9(13)5-1-2-6-7(10(12)14)4-15-8(6)3-5/h1-4H,(H2,11,13)(H2,12,14). The molecule has 0 bridgehead atoms. The number of carbonyl (C=O) groups excluding carboxylic acids is 2. The number of primary amides is 2. The van der Waals surface area contributed by atoms with Crippen LogP contribution in [0.4, 0.5) is 0 Å². The van der Waals surface area contributed by atoms with Crippen molar-refractivity contribution in [2.75, 3.05) is 0 Å². The Kier molecular flexibility index (Phi) is 1.93. The number of nitrogens with two attached hydrogens (primary N) is 2. The quantitative estimate of drug-likeness (QED) is 0.750. The van der Waals surface area contributed by atoms with Crippen molar-refractivity contribution in [3.63, 3.8) is 0 Å². The zero-order valence-electron chi connectivity index (χ0n) is 7.69. The minimum Gasteiger partial charge on any atom is -0.463 e. The summed E-state index contributed by atoms with van der Waals surface area (Å²) in [5.74, 6) is -1.12. The Labute approximate surface area is 84.6 Å². The van der Waals surface area contributed by atoms with Crippen LogP contribution in [0, 0.1) is 0 Å². The molecule has 0 saturated carbocycles. The lowest BCUT2D eigenvalue weighted by molar-refractivity contribution is 0.0992. The summed E-state index contributed by atoms with van der Waals surface area (Å²) in [5.41, 5.74) is 11.3. The number of furan rings is 1. The minimum absolute atomic E-state index is 0.293. The number of rotatable bonds is 2. The highest BCUT2D eigenvalue weighted by molar-refractivity contribution is 6.06. The molecule has 0 atom stereocenters. The molecule has 0 saturated heterocycles. The summed E-state index contributed by atoms with van der Waals surface area (Å²) in [6.07, 6.45) is 1.26. The van der Waals surface area contributed by atoms with E-state index in [1.807, 2.05) is 0 Å². The van der Waals surface area contributed by atoms with Gasteiger partial charge in [0.2, 0.25) is 5.91 Å². The molecule has 15 heavy (non-hydrogen) atoms. The Bertz CT molecular complexity index is 557. The first-order valence-corrected chi connectivity index (χ1v) is 4.20. The Balaban J connectivity index is 2.66. The number of benzene rings is 1. The smallest absolute Gasteiger partial charge is 0.252 e. The van der Waals surface area contributed by atoms with E-state index >= 15 is 0 Å². The Hall–Kier alpha value is -2.30. The second-order valence-electron chi connectivity index (χ2n) is 3.09. The van der Waals surface area contributed by atoms with Gasteiger partial charge in [0, 0.05) is 10.9 Å². The lowest BCUT2D eigenvalue weighted by atomic mass is 10.1. The maximum Gasteiger partial charge on any atom is 0.252 e. The summed E-state index contributed by atoms with van der Waals surface area (Å²) in [4.78, 5) is 21.8. The van der Waals surface area contributed by atoms with Crippen molar-refractivity contribution < 1.29 is 14.0 Å². The maximum atomic E-state index is 11.0. The van der Waals surface area contributed by atoms with E-state index in [4.69, 9.17) is 15.9 Å². The van der Waals surface area contributed by atoms with Crippen molar-refractivity contribution in [1.82, 2.24) is 0 Å². The summed E-state index contributed by atoms with van der Waals surface area (Å²) in [7, 11) is 0. The molecule has 5 nitrogen and oxygen atoms in total. The zero-order valence-corrected chi connectivity index (χ0v) is 7.69. The number of hydrogen-bond donors (Lipinski definition) is 2. The molecule has 1 aromatic heterocycles. The molecule has 2 rings (SSSR count). The SMILES string of the molecule is NC(=O)c1ccc2c(C(N)=O)coc2c1. The second kappa shape index (κ2) is 3.13. The molecule has 2 amide bonds. The molecule has 1 aromatic carbocycles. The molecular formula is C10H8N2O3. The summed E-state index contributed by atoms with van der Waals surface area (Å²) < 4.78 is 5.09. The lowest BCUT2D eigenvalue weighted by Gasteiger charge is -1.95. The molecule has 0 unspecified atom stereocenters. The average Bonchev–Trinajstić information content (AvgIpc) is 2.59. The summed E-state index contributed by atoms with van der Waals surface area (Å²) in [5, 5.41) is 0.576. The van der Waals surface area contributed by atoms with Crippen LogP contribution in [-0.4, -0.2) is 11.8 Å². The van der Waals surface area contributed by atoms with Gasteiger partial charge in [-0.3, -0.25) is 9.59 Å². The first kappa shape index (κ1) is 9.26. The van der Waals surface area contributed by atoms with Crippen LogP contribution in [0.5, 0.6) is 0 Å². The maximum absolute atomic E-state index is 11.0. The van der Waals surface area contributed by atoms with Crippen molar-refractivity contribution >= 4 is 22.8 Å². The van der Waals surface area contributed by atoms with E-state index in [1.165, 1.54) is 18.4 Å². The topological polar surface area (TPSA) is 99.3 Å². The number of fused-ring (bicyclic) bond motifs is 1. The summed E-state index contributed by atoms with van der Waals surface area (Å²) in [6, 6.07) is 4.58. The van der Waals surface area contributed by atoms with Gasteiger partial charge < -0.3 is 15.9 Å². The minimum atomic E-state index is -0.569. The molecule has 0 radical (unpaired) electrons. The van der Waals surface area contributed by atoms with Crippen LogP contribution in [0.3, 0.4) is 0 Å². The third-order valence-corrected chi connectivity index (χ3v) is 2.13. The van der Waals surface area contributed by atoms with Crippen LogP contribution in [0.25, 0.3) is 11.0 Å². The van der Waals surface area contributed by atoms with Crippen LogP contribution in [0.1, 0.15) is 20.7 Å². The first-order chi connectivity index (χ1) is 7.09. The van der Waals surface area contributed by atoms with Crippen LogP contribution in [0.2, 0.25) is 0 Å². The molecular weight excluding hydrogens is 196 g/mol. The fourth-order valence-electron chi connectivity index (χ4n) is 1.37. The lowest BCUT2D eigenvalue weighted by Crippen LogP contribution is -2.11. The largest absolute Gasteiger partial charge is 0.463 e. The van der Waals surface area contributed by atoms with Gasteiger partial charge in [0.25, 0.3) is 5.91 Å². The van der Waals surface area contributed by atoms with Crippen molar-refractivity contribution in [2.24, 2.45) is 11.5 Å². The van der Waals surface area contributed by atoms with Gasteiger partial charge in [-0.15, -0.1) is 0 Å². The Morgan fingerprint density at radius 3 is 2.47 bits per heavy atom. The van der Waals surface area contributed by atoms with Gasteiger partial charge in [-0.05, 0) is 18.2 Å². The van der Waals surface area contributed by atoms with Crippen LogP contribution in [0.15, 0.2) is 28.9 Å². The highest BCUT2D eigenvalue weighted by Gasteiger charge is 2.11. The van der Waals surface area contributed by atoms with Gasteiger partial charge in [-0.1, -0.05) is 0 Å². The number of carbonyl (C=O) groups is 2. The predicted molar refractivity (Wildman–Crippen MR) is 53.2 cm³/mol. The fraction of sp³-hybridized carbons (Fsp3) is 0. The zero-order chi connectivity index (χ0) is 11.0. The summed E-state index contributed by atoms with van der Waals surface area (Å²) >= 11 is 0. The molecule has 0 aliphatic rings. The van der Waals surface area contributed by atoms with Gasteiger partial charge in [-0.25, -0.2) is 0 Å².